The topological polar surface area (TPSA) is 101 Å². The third kappa shape index (κ3) is 2.49. The summed E-state index contributed by atoms with van der Waals surface area (Å²) in [4.78, 5) is 4.40. The van der Waals surface area contributed by atoms with Crippen molar-refractivity contribution in [2.24, 2.45) is 0 Å². The zero-order valence-electron chi connectivity index (χ0n) is 11.5. The summed E-state index contributed by atoms with van der Waals surface area (Å²) in [6, 6.07) is 4.98. The molecule has 21 heavy (non-hydrogen) atoms. The lowest BCUT2D eigenvalue weighted by atomic mass is 10.3. The van der Waals surface area contributed by atoms with Crippen molar-refractivity contribution in [1.82, 2.24) is 15.2 Å². The molecule has 0 radical (unpaired) electrons. The summed E-state index contributed by atoms with van der Waals surface area (Å²) in [5.74, 6) is 0.621. The number of fused-ring (bicyclic) bond motifs is 1. The molecule has 0 saturated carbocycles. The average Bonchev–Trinajstić information content (AvgIpc) is 3.03. The number of sulfonamides is 1. The van der Waals surface area contributed by atoms with Gasteiger partial charge in [-0.1, -0.05) is 6.92 Å². The van der Waals surface area contributed by atoms with E-state index in [0.717, 1.165) is 0 Å². The van der Waals surface area contributed by atoms with Crippen molar-refractivity contribution >= 4 is 26.8 Å². The highest BCUT2D eigenvalue weighted by molar-refractivity contribution is 7.92. The third-order valence-corrected chi connectivity index (χ3v) is 4.55. The lowest BCUT2D eigenvalue weighted by Gasteiger charge is -2.06. The van der Waals surface area contributed by atoms with E-state index in [4.69, 9.17) is 4.42 Å². The first kappa shape index (κ1) is 13.6. The summed E-state index contributed by atoms with van der Waals surface area (Å²) < 4.78 is 32.5. The Morgan fingerprint density at radius 2 is 2.19 bits per heavy atom. The molecule has 0 bridgehead atoms. The van der Waals surface area contributed by atoms with Crippen LogP contribution in [0.3, 0.4) is 0 Å². The highest BCUT2D eigenvalue weighted by Crippen LogP contribution is 2.23. The van der Waals surface area contributed by atoms with Crippen LogP contribution in [0.25, 0.3) is 11.1 Å². The molecule has 0 spiro atoms. The Balaban J connectivity index is 1.96. The van der Waals surface area contributed by atoms with Crippen LogP contribution >= 0.6 is 0 Å². The first-order valence-corrected chi connectivity index (χ1v) is 7.90. The van der Waals surface area contributed by atoms with E-state index in [-0.39, 0.29) is 4.90 Å². The maximum atomic E-state index is 12.3. The van der Waals surface area contributed by atoms with Crippen LogP contribution in [0.1, 0.15) is 18.5 Å². The van der Waals surface area contributed by atoms with Gasteiger partial charge in [-0.3, -0.25) is 9.82 Å². The summed E-state index contributed by atoms with van der Waals surface area (Å²) in [5, 5.41) is 6.33. The molecule has 7 nitrogen and oxygen atoms in total. The zero-order valence-corrected chi connectivity index (χ0v) is 12.4. The number of nitrogens with one attached hydrogen (secondary N) is 2. The van der Waals surface area contributed by atoms with Gasteiger partial charge in [0.1, 0.15) is 10.4 Å². The predicted octanol–water partition coefficient (Wildman–Crippen LogP) is 2.22. The van der Waals surface area contributed by atoms with Gasteiger partial charge in [0.25, 0.3) is 10.0 Å². The molecule has 8 heteroatoms. The van der Waals surface area contributed by atoms with Gasteiger partial charge in [0.15, 0.2) is 11.5 Å². The van der Waals surface area contributed by atoms with Gasteiger partial charge in [0, 0.05) is 6.42 Å². The maximum absolute atomic E-state index is 12.3. The predicted molar refractivity (Wildman–Crippen MR) is 77.5 cm³/mol. The highest BCUT2D eigenvalue weighted by Gasteiger charge is 2.19. The van der Waals surface area contributed by atoms with Gasteiger partial charge in [0.2, 0.25) is 0 Å². The Bertz CT molecular complexity index is 895. The number of hydrogen-bond acceptors (Lipinski definition) is 5. The molecular weight excluding hydrogens is 292 g/mol. The van der Waals surface area contributed by atoms with Gasteiger partial charge >= 0.3 is 0 Å². The Labute approximate surface area is 121 Å². The van der Waals surface area contributed by atoms with Crippen LogP contribution in [-0.4, -0.2) is 23.6 Å². The van der Waals surface area contributed by atoms with Crippen LogP contribution < -0.4 is 4.72 Å². The minimum atomic E-state index is -3.67. The molecule has 0 aliphatic carbocycles. The van der Waals surface area contributed by atoms with Gasteiger partial charge < -0.3 is 4.42 Å². The van der Waals surface area contributed by atoms with Crippen molar-refractivity contribution in [2.75, 3.05) is 4.72 Å². The molecule has 0 saturated heterocycles. The van der Waals surface area contributed by atoms with Gasteiger partial charge in [-0.15, -0.1) is 0 Å². The number of rotatable bonds is 4. The molecule has 3 aromatic rings. The fourth-order valence-electron chi connectivity index (χ4n) is 2.01. The Kier molecular flexibility index (Phi) is 3.17. The number of hydrogen-bond donors (Lipinski definition) is 2. The molecular formula is C13H14N4O3S. The summed E-state index contributed by atoms with van der Waals surface area (Å²) in [5.41, 5.74) is 2.17. The zero-order chi connectivity index (χ0) is 15.0. The molecule has 0 unspecified atom stereocenters. The number of benzene rings is 1. The molecule has 2 heterocycles. The molecule has 2 aromatic heterocycles. The number of nitrogens with zero attached hydrogens (tertiary/aromatic N) is 2. The van der Waals surface area contributed by atoms with E-state index in [0.29, 0.717) is 34.8 Å². The molecule has 0 aliphatic rings. The van der Waals surface area contributed by atoms with Crippen LogP contribution in [0, 0.1) is 6.92 Å². The van der Waals surface area contributed by atoms with Gasteiger partial charge in [-0.2, -0.15) is 5.10 Å². The fourth-order valence-corrected chi connectivity index (χ4v) is 3.20. The average molecular weight is 306 g/mol. The van der Waals surface area contributed by atoms with Crippen molar-refractivity contribution in [2.45, 2.75) is 25.2 Å². The maximum Gasteiger partial charge on any atom is 0.265 e. The van der Waals surface area contributed by atoms with Gasteiger partial charge in [-0.05, 0) is 25.1 Å². The fraction of sp³-hybridized carbons (Fsp3) is 0.231. The quantitative estimate of drug-likeness (QED) is 0.769. The standard InChI is InChI=1S/C13H14N4O3S/c1-3-13-15-10-6-9(4-5-11(10)20-13)17-21(18,19)12-7-14-16-8(12)2/h4-7,17H,3H2,1-2H3,(H,14,16). The van der Waals surface area contributed by atoms with Crippen molar-refractivity contribution in [1.29, 1.82) is 0 Å². The van der Waals surface area contributed by atoms with Crippen LogP contribution in [-0.2, 0) is 16.4 Å². The second kappa shape index (κ2) is 4.88. The highest BCUT2D eigenvalue weighted by atomic mass is 32.2. The van der Waals surface area contributed by atoms with Crippen LogP contribution in [0.2, 0.25) is 0 Å². The van der Waals surface area contributed by atoms with E-state index in [1.807, 2.05) is 6.92 Å². The summed E-state index contributed by atoms with van der Waals surface area (Å²) in [7, 11) is -3.67. The van der Waals surface area contributed by atoms with Crippen LogP contribution in [0.5, 0.6) is 0 Å². The van der Waals surface area contributed by atoms with Crippen molar-refractivity contribution < 1.29 is 12.8 Å². The summed E-state index contributed by atoms with van der Waals surface area (Å²) in [6.07, 6.45) is 1.96. The number of aromatic amines is 1. The molecule has 3 rings (SSSR count). The lowest BCUT2D eigenvalue weighted by molar-refractivity contribution is 0.538. The second-order valence-electron chi connectivity index (χ2n) is 4.61. The van der Waals surface area contributed by atoms with E-state index >= 15 is 0 Å². The molecule has 0 aliphatic heterocycles. The Morgan fingerprint density at radius 3 is 2.86 bits per heavy atom. The van der Waals surface area contributed by atoms with E-state index in [2.05, 4.69) is 19.9 Å². The van der Waals surface area contributed by atoms with Crippen molar-refractivity contribution in [3.63, 3.8) is 0 Å². The Hall–Kier alpha value is -2.35. The number of oxazole rings is 1. The van der Waals surface area contributed by atoms with Gasteiger partial charge in [0.05, 0.1) is 17.6 Å². The molecule has 0 amide bonds. The second-order valence-corrected chi connectivity index (χ2v) is 6.26. The van der Waals surface area contributed by atoms with E-state index in [1.54, 1.807) is 25.1 Å². The minimum absolute atomic E-state index is 0.122. The first-order valence-electron chi connectivity index (χ1n) is 6.42. The third-order valence-electron chi connectivity index (χ3n) is 3.06. The van der Waals surface area contributed by atoms with Crippen LogP contribution in [0.4, 0.5) is 5.69 Å². The molecule has 0 atom stereocenters. The van der Waals surface area contributed by atoms with Crippen molar-refractivity contribution in [3.05, 3.63) is 36.0 Å². The summed E-state index contributed by atoms with van der Waals surface area (Å²) >= 11 is 0. The SMILES string of the molecule is CCc1nc2cc(NS(=O)(=O)c3cn[nH]c3C)ccc2o1. The molecule has 0 fully saturated rings. The minimum Gasteiger partial charge on any atom is -0.441 e. The normalized spacial score (nSPS) is 11.9. The van der Waals surface area contributed by atoms with Crippen molar-refractivity contribution in [3.8, 4) is 0 Å². The molecule has 2 N–H and O–H groups in total. The molecule has 1 aromatic carbocycles. The monoisotopic (exact) mass is 306 g/mol. The van der Waals surface area contributed by atoms with Crippen LogP contribution in [0.15, 0.2) is 33.7 Å². The lowest BCUT2D eigenvalue weighted by Crippen LogP contribution is -2.13. The first-order chi connectivity index (χ1) is 9.99. The van der Waals surface area contributed by atoms with E-state index < -0.39 is 10.0 Å². The van der Waals surface area contributed by atoms with E-state index in [1.165, 1.54) is 6.20 Å². The van der Waals surface area contributed by atoms with Gasteiger partial charge in [-0.25, -0.2) is 13.4 Å². The largest absolute Gasteiger partial charge is 0.441 e. The smallest absolute Gasteiger partial charge is 0.265 e. The molecule has 110 valence electrons. The number of anilines is 1. The number of aromatic nitrogens is 3. The number of aryl methyl sites for hydroxylation is 2. The number of H-pyrrole nitrogens is 1. The Morgan fingerprint density at radius 1 is 1.38 bits per heavy atom. The summed E-state index contributed by atoms with van der Waals surface area (Å²) in [6.45, 7) is 3.59. The van der Waals surface area contributed by atoms with E-state index in [9.17, 15) is 8.42 Å².